The summed E-state index contributed by atoms with van der Waals surface area (Å²) < 4.78 is 27.1. The van der Waals surface area contributed by atoms with Crippen molar-refractivity contribution < 1.29 is 13.2 Å². The molecule has 1 N–H and O–H groups in total. The van der Waals surface area contributed by atoms with Gasteiger partial charge in [-0.2, -0.15) is 4.40 Å². The van der Waals surface area contributed by atoms with Gasteiger partial charge >= 0.3 is 0 Å². The third-order valence-electron chi connectivity index (χ3n) is 2.95. The van der Waals surface area contributed by atoms with Gasteiger partial charge in [0.05, 0.1) is 11.4 Å². The van der Waals surface area contributed by atoms with Crippen molar-refractivity contribution in [1.82, 2.24) is 4.98 Å². The number of aromatic nitrogens is 1. The second kappa shape index (κ2) is 6.66. The van der Waals surface area contributed by atoms with Crippen molar-refractivity contribution in [2.24, 2.45) is 9.39 Å². The second-order valence-electron chi connectivity index (χ2n) is 4.76. The number of nitrogens with zero attached hydrogens (tertiary/aromatic N) is 3. The molecule has 0 spiro atoms. The normalized spacial score (nSPS) is 16.3. The first-order chi connectivity index (χ1) is 10.8. The molecule has 0 fully saturated rings. The van der Waals surface area contributed by atoms with Crippen LogP contribution in [0.2, 0.25) is 0 Å². The standard InChI is InChI=1S/C15H16N4O3S/c1-4-23(21,22)19-14-7-13(9-17-10(14)2)12-5-6-16-15(8-12)18-11(3)20/h5-9H,2,4H2,1,3H3,(H,16,18,20). The van der Waals surface area contributed by atoms with Crippen molar-refractivity contribution in [2.75, 3.05) is 11.1 Å². The highest BCUT2D eigenvalue weighted by Gasteiger charge is 2.14. The smallest absolute Gasteiger partial charge is 0.253 e. The molecule has 1 amide bonds. The number of amides is 1. The molecule has 0 saturated heterocycles. The van der Waals surface area contributed by atoms with Crippen molar-refractivity contribution in [3.8, 4) is 0 Å². The van der Waals surface area contributed by atoms with Gasteiger partial charge in [0.1, 0.15) is 11.5 Å². The number of dihydropyridines is 1. The molecule has 7 nitrogen and oxygen atoms in total. The number of hydrogen-bond donors (Lipinski definition) is 1. The van der Waals surface area contributed by atoms with E-state index in [1.54, 1.807) is 24.4 Å². The highest BCUT2D eigenvalue weighted by molar-refractivity contribution is 7.90. The van der Waals surface area contributed by atoms with Gasteiger partial charge in [-0.15, -0.1) is 0 Å². The Labute approximate surface area is 134 Å². The van der Waals surface area contributed by atoms with Crippen molar-refractivity contribution in [3.63, 3.8) is 0 Å². The van der Waals surface area contributed by atoms with Crippen LogP contribution in [-0.2, 0) is 14.8 Å². The van der Waals surface area contributed by atoms with E-state index in [0.717, 1.165) is 5.56 Å². The lowest BCUT2D eigenvalue weighted by Gasteiger charge is -2.11. The Morgan fingerprint density at radius 2 is 2.17 bits per heavy atom. The molecule has 1 aromatic rings. The first-order valence-electron chi connectivity index (χ1n) is 6.82. The molecular formula is C15H16N4O3S. The number of carbonyl (C=O) groups is 1. The van der Waals surface area contributed by atoms with Crippen LogP contribution in [0, 0.1) is 0 Å². The van der Waals surface area contributed by atoms with Gasteiger partial charge in [0.2, 0.25) is 5.91 Å². The maximum absolute atomic E-state index is 11.7. The summed E-state index contributed by atoms with van der Waals surface area (Å²) in [7, 11) is -3.54. The molecule has 1 aliphatic heterocycles. The van der Waals surface area contributed by atoms with Gasteiger partial charge < -0.3 is 5.32 Å². The molecule has 2 rings (SSSR count). The largest absolute Gasteiger partial charge is 0.311 e. The van der Waals surface area contributed by atoms with Crippen LogP contribution in [-0.4, -0.2) is 37.0 Å². The molecule has 2 heterocycles. The third-order valence-corrected chi connectivity index (χ3v) is 4.15. The van der Waals surface area contributed by atoms with Gasteiger partial charge in [-0.05, 0) is 30.7 Å². The van der Waals surface area contributed by atoms with Crippen LogP contribution < -0.4 is 5.32 Å². The molecule has 23 heavy (non-hydrogen) atoms. The van der Waals surface area contributed by atoms with Crippen LogP contribution in [0.1, 0.15) is 19.4 Å². The highest BCUT2D eigenvalue weighted by atomic mass is 32.2. The summed E-state index contributed by atoms with van der Waals surface area (Å²) in [5, 5.41) is 2.59. The Hall–Kier alpha value is -2.61. The molecular weight excluding hydrogens is 316 g/mol. The Morgan fingerprint density at radius 1 is 1.43 bits per heavy atom. The van der Waals surface area contributed by atoms with Gasteiger partial charge in [0, 0.05) is 24.9 Å². The van der Waals surface area contributed by atoms with Crippen LogP contribution in [0.4, 0.5) is 5.82 Å². The van der Waals surface area contributed by atoms with E-state index < -0.39 is 10.0 Å². The number of pyridine rings is 1. The number of rotatable bonds is 4. The predicted octanol–water partition coefficient (Wildman–Crippen LogP) is 1.81. The van der Waals surface area contributed by atoms with Gasteiger partial charge in [0.15, 0.2) is 0 Å². The monoisotopic (exact) mass is 332 g/mol. The Bertz CT molecular complexity index is 851. The number of nitrogens with one attached hydrogen (secondary N) is 1. The number of aliphatic imine (C=N–C) groups is 1. The van der Waals surface area contributed by atoms with Crippen molar-refractivity contribution in [1.29, 1.82) is 0 Å². The van der Waals surface area contributed by atoms with Crippen molar-refractivity contribution >= 4 is 39.2 Å². The van der Waals surface area contributed by atoms with Crippen LogP contribution in [0.25, 0.3) is 5.57 Å². The average molecular weight is 332 g/mol. The maximum atomic E-state index is 11.7. The van der Waals surface area contributed by atoms with E-state index in [4.69, 9.17) is 0 Å². The maximum Gasteiger partial charge on any atom is 0.253 e. The molecule has 0 aliphatic carbocycles. The first kappa shape index (κ1) is 16.8. The quantitative estimate of drug-likeness (QED) is 0.908. The minimum absolute atomic E-state index is 0.0986. The summed E-state index contributed by atoms with van der Waals surface area (Å²) in [6, 6.07) is 3.39. The van der Waals surface area contributed by atoms with E-state index in [0.29, 0.717) is 11.4 Å². The van der Waals surface area contributed by atoms with E-state index in [-0.39, 0.29) is 23.1 Å². The van der Waals surface area contributed by atoms with Gasteiger partial charge in [-0.25, -0.2) is 13.4 Å². The lowest BCUT2D eigenvalue weighted by atomic mass is 10.0. The van der Waals surface area contributed by atoms with Crippen LogP contribution in [0.3, 0.4) is 0 Å². The van der Waals surface area contributed by atoms with E-state index in [9.17, 15) is 13.2 Å². The summed E-state index contributed by atoms with van der Waals surface area (Å²) in [4.78, 5) is 19.2. The average Bonchev–Trinajstić information content (AvgIpc) is 2.49. The molecule has 0 unspecified atom stereocenters. The van der Waals surface area contributed by atoms with E-state index in [1.165, 1.54) is 20.0 Å². The topological polar surface area (TPSA) is 101 Å². The summed E-state index contributed by atoms with van der Waals surface area (Å²) in [5.41, 5.74) is 1.85. The third kappa shape index (κ3) is 4.43. The van der Waals surface area contributed by atoms with Gasteiger partial charge in [-0.1, -0.05) is 6.58 Å². The van der Waals surface area contributed by atoms with E-state index in [2.05, 4.69) is 26.3 Å². The van der Waals surface area contributed by atoms with Crippen LogP contribution in [0.5, 0.6) is 0 Å². The minimum atomic E-state index is -3.54. The van der Waals surface area contributed by atoms with Crippen LogP contribution >= 0.6 is 0 Å². The summed E-state index contributed by atoms with van der Waals surface area (Å²) in [6.45, 7) is 6.60. The lowest BCUT2D eigenvalue weighted by molar-refractivity contribution is -0.114. The fourth-order valence-electron chi connectivity index (χ4n) is 1.79. The second-order valence-corrected chi connectivity index (χ2v) is 6.69. The Morgan fingerprint density at radius 3 is 2.83 bits per heavy atom. The number of carbonyl (C=O) groups excluding carboxylic acids is 1. The Kier molecular flexibility index (Phi) is 4.85. The van der Waals surface area contributed by atoms with Gasteiger partial charge in [0.25, 0.3) is 10.0 Å². The zero-order chi connectivity index (χ0) is 17.0. The fraction of sp³-hybridized carbons (Fsp3) is 0.200. The molecule has 1 aromatic heterocycles. The molecule has 0 saturated carbocycles. The molecule has 0 aromatic carbocycles. The molecule has 0 radical (unpaired) electrons. The number of anilines is 1. The predicted molar refractivity (Wildman–Crippen MR) is 91.0 cm³/mol. The zero-order valence-electron chi connectivity index (χ0n) is 12.8. The molecule has 120 valence electrons. The summed E-state index contributed by atoms with van der Waals surface area (Å²) in [5.74, 6) is 0.0671. The first-order valence-corrected chi connectivity index (χ1v) is 8.43. The number of sulfonamides is 1. The van der Waals surface area contributed by atoms with E-state index >= 15 is 0 Å². The minimum Gasteiger partial charge on any atom is -0.311 e. The zero-order valence-corrected chi connectivity index (χ0v) is 13.6. The van der Waals surface area contributed by atoms with Crippen LogP contribution in [0.15, 0.2) is 46.1 Å². The molecule has 8 heteroatoms. The summed E-state index contributed by atoms with van der Waals surface area (Å²) in [6.07, 6.45) is 4.69. The Balaban J connectivity index is 2.42. The number of hydrogen-bond acceptors (Lipinski definition) is 5. The molecule has 0 bridgehead atoms. The molecule has 0 atom stereocenters. The SMILES string of the molecule is C=C1N=CC(c2ccnc(NC(C)=O)c2)=CC1=NS(=O)(=O)CC. The number of allylic oxidation sites excluding steroid dienone is 2. The van der Waals surface area contributed by atoms with Crippen molar-refractivity contribution in [3.05, 3.63) is 42.2 Å². The fourth-order valence-corrected chi connectivity index (χ4v) is 2.38. The molecule has 1 aliphatic rings. The van der Waals surface area contributed by atoms with E-state index in [1.807, 2.05) is 0 Å². The van der Waals surface area contributed by atoms with Crippen molar-refractivity contribution in [2.45, 2.75) is 13.8 Å². The lowest BCUT2D eigenvalue weighted by Crippen LogP contribution is -2.10. The highest BCUT2D eigenvalue weighted by Crippen LogP contribution is 2.21. The van der Waals surface area contributed by atoms with Gasteiger partial charge in [-0.3, -0.25) is 9.79 Å². The summed E-state index contributed by atoms with van der Waals surface area (Å²) >= 11 is 0.